The van der Waals surface area contributed by atoms with Crippen LogP contribution in [0.2, 0.25) is 0 Å². The molecule has 4 heterocycles. The molecule has 5 heteroatoms. The molecule has 0 atom stereocenters. The molecule has 3 aromatic rings. The molecule has 1 N–H and O–H groups in total. The van der Waals surface area contributed by atoms with Crippen LogP contribution in [0.5, 0.6) is 0 Å². The summed E-state index contributed by atoms with van der Waals surface area (Å²) in [7, 11) is 0. The Morgan fingerprint density at radius 2 is 1.72 bits per heavy atom. The highest BCUT2D eigenvalue weighted by Crippen LogP contribution is 2.32. The minimum absolute atomic E-state index is 0.709. The van der Waals surface area contributed by atoms with Crippen molar-refractivity contribution in [1.82, 2.24) is 19.8 Å². The highest BCUT2D eigenvalue weighted by Gasteiger charge is 2.20. The number of hydrogen-bond donors (Lipinski definition) is 1. The van der Waals surface area contributed by atoms with Gasteiger partial charge in [0.05, 0.1) is 11.2 Å². The normalized spacial score (nSPS) is 19.1. The summed E-state index contributed by atoms with van der Waals surface area (Å²) < 4.78 is 2.03. The third-order valence-electron chi connectivity index (χ3n) is 6.69. The molecule has 2 aliphatic heterocycles. The number of benzene rings is 1. The first kappa shape index (κ1) is 18.6. The van der Waals surface area contributed by atoms with Crippen LogP contribution >= 0.6 is 0 Å². The lowest BCUT2D eigenvalue weighted by Crippen LogP contribution is -2.43. The molecule has 5 nitrogen and oxygen atoms in total. The van der Waals surface area contributed by atoms with Crippen LogP contribution in [0.1, 0.15) is 31.2 Å². The number of piperazine rings is 1. The summed E-state index contributed by atoms with van der Waals surface area (Å²) >= 11 is 0. The van der Waals surface area contributed by atoms with Gasteiger partial charge in [-0.05, 0) is 61.7 Å². The van der Waals surface area contributed by atoms with Crippen molar-refractivity contribution in [3.8, 4) is 11.1 Å². The average Bonchev–Trinajstić information content (AvgIpc) is 3.24. The zero-order valence-electron chi connectivity index (χ0n) is 17.3. The highest BCUT2D eigenvalue weighted by atomic mass is 15.2. The van der Waals surface area contributed by atoms with Crippen molar-refractivity contribution in [2.75, 3.05) is 50.7 Å². The molecular formula is C24H31N5. The van der Waals surface area contributed by atoms with E-state index in [1.807, 2.05) is 10.7 Å². The van der Waals surface area contributed by atoms with Gasteiger partial charge in [0.2, 0.25) is 0 Å². The average molecular weight is 390 g/mol. The maximum Gasteiger partial charge on any atom is 0.0886 e. The quantitative estimate of drug-likeness (QED) is 0.739. The summed E-state index contributed by atoms with van der Waals surface area (Å²) in [6, 6.07) is 13.7. The predicted molar refractivity (Wildman–Crippen MR) is 120 cm³/mol. The van der Waals surface area contributed by atoms with Crippen molar-refractivity contribution >= 4 is 11.2 Å². The summed E-state index contributed by atoms with van der Waals surface area (Å²) in [5.74, 6) is 0.709. The van der Waals surface area contributed by atoms with Gasteiger partial charge in [0.15, 0.2) is 0 Å². The van der Waals surface area contributed by atoms with E-state index >= 15 is 0 Å². The Balaban J connectivity index is 1.38. The molecule has 2 aromatic heterocycles. The number of anilines is 1. The van der Waals surface area contributed by atoms with Crippen molar-refractivity contribution in [3.05, 3.63) is 54.4 Å². The topological polar surface area (TPSA) is 35.8 Å². The first-order valence-corrected chi connectivity index (χ1v) is 11.1. The highest BCUT2D eigenvalue weighted by molar-refractivity contribution is 5.80. The van der Waals surface area contributed by atoms with Crippen LogP contribution in [0.15, 0.2) is 48.8 Å². The maximum absolute atomic E-state index is 4.56. The van der Waals surface area contributed by atoms with Crippen LogP contribution in [0.4, 0.5) is 5.69 Å². The van der Waals surface area contributed by atoms with Gasteiger partial charge >= 0.3 is 0 Å². The SMILES string of the molecule is CCN1CCC(c2ccc(-c3cc4c(N5CCNCC5)ccnn4c3)cc2)CC1. The van der Waals surface area contributed by atoms with Crippen molar-refractivity contribution in [2.24, 2.45) is 0 Å². The Labute approximate surface area is 173 Å². The van der Waals surface area contributed by atoms with Crippen molar-refractivity contribution in [1.29, 1.82) is 0 Å². The van der Waals surface area contributed by atoms with Gasteiger partial charge in [-0.1, -0.05) is 31.2 Å². The number of aromatic nitrogens is 2. The summed E-state index contributed by atoms with van der Waals surface area (Å²) in [5.41, 5.74) is 6.49. The third-order valence-corrected chi connectivity index (χ3v) is 6.69. The van der Waals surface area contributed by atoms with Gasteiger partial charge in [0, 0.05) is 44.1 Å². The van der Waals surface area contributed by atoms with E-state index in [-0.39, 0.29) is 0 Å². The number of piperidine rings is 1. The minimum atomic E-state index is 0.709. The lowest BCUT2D eigenvalue weighted by molar-refractivity contribution is 0.222. The van der Waals surface area contributed by atoms with Gasteiger partial charge in [-0.3, -0.25) is 0 Å². The second-order valence-corrected chi connectivity index (χ2v) is 8.34. The molecule has 0 aliphatic carbocycles. The van der Waals surface area contributed by atoms with Gasteiger partial charge in [0.25, 0.3) is 0 Å². The Bertz CT molecular complexity index is 947. The van der Waals surface area contributed by atoms with E-state index in [1.165, 1.54) is 60.4 Å². The molecule has 0 spiro atoms. The molecule has 0 radical (unpaired) electrons. The zero-order valence-corrected chi connectivity index (χ0v) is 17.3. The Morgan fingerprint density at radius 1 is 0.966 bits per heavy atom. The van der Waals surface area contributed by atoms with Crippen LogP contribution in [-0.4, -0.2) is 60.3 Å². The van der Waals surface area contributed by atoms with Crippen LogP contribution in [0.25, 0.3) is 16.6 Å². The van der Waals surface area contributed by atoms with Crippen LogP contribution in [-0.2, 0) is 0 Å². The molecule has 0 saturated carbocycles. The first-order valence-electron chi connectivity index (χ1n) is 11.1. The van der Waals surface area contributed by atoms with Crippen LogP contribution in [0.3, 0.4) is 0 Å². The molecule has 2 fully saturated rings. The summed E-state index contributed by atoms with van der Waals surface area (Å²) in [6.07, 6.45) is 6.64. The maximum atomic E-state index is 4.56. The predicted octanol–water partition coefficient (Wildman–Crippen LogP) is 3.61. The lowest BCUT2D eigenvalue weighted by Gasteiger charge is -2.31. The standard InChI is InChI=1S/C24H31N5/c1-2-27-13-8-21(9-14-27)19-3-5-20(6-4-19)22-17-24-23(7-10-26-29(24)18-22)28-15-11-25-12-16-28/h3-7,10,17-18,21,25H,2,8-9,11-16H2,1H3. The first-order chi connectivity index (χ1) is 14.3. The lowest BCUT2D eigenvalue weighted by atomic mass is 9.88. The van der Waals surface area contributed by atoms with Gasteiger partial charge in [0.1, 0.15) is 0 Å². The molecule has 0 unspecified atom stereocenters. The van der Waals surface area contributed by atoms with Gasteiger partial charge in [-0.25, -0.2) is 4.52 Å². The molecule has 152 valence electrons. The molecule has 0 amide bonds. The number of rotatable bonds is 4. The Morgan fingerprint density at radius 3 is 2.45 bits per heavy atom. The summed E-state index contributed by atoms with van der Waals surface area (Å²) in [4.78, 5) is 5.02. The second-order valence-electron chi connectivity index (χ2n) is 8.34. The molecule has 5 rings (SSSR count). The largest absolute Gasteiger partial charge is 0.367 e. The van der Waals surface area contributed by atoms with Crippen LogP contribution in [0, 0.1) is 0 Å². The van der Waals surface area contributed by atoms with Crippen LogP contribution < -0.4 is 10.2 Å². The zero-order chi connectivity index (χ0) is 19.6. The fourth-order valence-electron chi connectivity index (χ4n) is 4.86. The summed E-state index contributed by atoms with van der Waals surface area (Å²) in [6.45, 7) is 10.1. The number of fused-ring (bicyclic) bond motifs is 1. The van der Waals surface area contributed by atoms with E-state index in [4.69, 9.17) is 0 Å². The molecule has 2 aliphatic rings. The van der Waals surface area contributed by atoms with E-state index < -0.39 is 0 Å². The third kappa shape index (κ3) is 3.77. The van der Waals surface area contributed by atoms with Crippen molar-refractivity contribution in [2.45, 2.75) is 25.7 Å². The number of likely N-dealkylation sites (tertiary alicyclic amines) is 1. The number of nitrogens with one attached hydrogen (secondary N) is 1. The van der Waals surface area contributed by atoms with E-state index in [1.54, 1.807) is 0 Å². The van der Waals surface area contributed by atoms with Crippen molar-refractivity contribution in [3.63, 3.8) is 0 Å². The van der Waals surface area contributed by atoms with E-state index in [0.29, 0.717) is 5.92 Å². The fraction of sp³-hybridized carbons (Fsp3) is 0.458. The fourth-order valence-corrected chi connectivity index (χ4v) is 4.86. The van der Waals surface area contributed by atoms with Crippen molar-refractivity contribution < 1.29 is 0 Å². The molecular weight excluding hydrogens is 358 g/mol. The summed E-state index contributed by atoms with van der Waals surface area (Å²) in [5, 5.41) is 7.99. The van der Waals surface area contributed by atoms with Gasteiger partial charge in [-0.15, -0.1) is 0 Å². The second kappa shape index (κ2) is 8.17. The molecule has 29 heavy (non-hydrogen) atoms. The minimum Gasteiger partial charge on any atom is -0.367 e. The molecule has 1 aromatic carbocycles. The smallest absolute Gasteiger partial charge is 0.0886 e. The Hall–Kier alpha value is -2.37. The Kier molecular flexibility index (Phi) is 5.25. The molecule has 2 saturated heterocycles. The molecule has 0 bridgehead atoms. The number of hydrogen-bond acceptors (Lipinski definition) is 4. The van der Waals surface area contributed by atoms with Gasteiger partial charge < -0.3 is 15.1 Å². The van der Waals surface area contributed by atoms with E-state index in [9.17, 15) is 0 Å². The van der Waals surface area contributed by atoms with Gasteiger partial charge in [-0.2, -0.15) is 5.10 Å². The van der Waals surface area contributed by atoms with E-state index in [2.05, 4.69) is 69.7 Å². The monoisotopic (exact) mass is 389 g/mol. The number of nitrogens with zero attached hydrogens (tertiary/aromatic N) is 4. The van der Waals surface area contributed by atoms with E-state index in [0.717, 1.165) is 26.2 Å².